The molecule has 0 bridgehead atoms. The number of ether oxygens (including phenoxy) is 3. The molecule has 6 heterocycles. The van der Waals surface area contributed by atoms with E-state index in [1.165, 1.54) is 0 Å². The number of benzene rings is 6. The first-order valence-electron chi connectivity index (χ1n) is 32.8. The number of carbonyl (C=O) groups is 6. The van der Waals surface area contributed by atoms with Gasteiger partial charge >= 0.3 is 0 Å². The zero-order valence-electron chi connectivity index (χ0n) is 56.1. The highest BCUT2D eigenvalue weighted by Crippen LogP contribution is 2.36. The summed E-state index contributed by atoms with van der Waals surface area (Å²) >= 11 is 0. The first-order chi connectivity index (χ1) is 48.5. The fraction of sp³-hybridized carbons (Fsp3) is 0.203. The van der Waals surface area contributed by atoms with Crippen LogP contribution in [-0.4, -0.2) is 105 Å². The summed E-state index contributed by atoms with van der Waals surface area (Å²) in [5.74, 6) is -0.792. The summed E-state index contributed by atoms with van der Waals surface area (Å²) in [6.45, 7) is 5.73. The third kappa shape index (κ3) is 16.2. The van der Waals surface area contributed by atoms with E-state index in [1.807, 2.05) is 112 Å². The summed E-state index contributed by atoms with van der Waals surface area (Å²) in [6, 6.07) is 47.2. The molecule has 0 saturated heterocycles. The lowest BCUT2D eigenvalue weighted by molar-refractivity contribution is -0.126. The number of hydrogen-bond donors (Lipinski definition) is 9. The Kier molecular flexibility index (Phi) is 20.8. The summed E-state index contributed by atoms with van der Waals surface area (Å²) in [4.78, 5) is 108. The van der Waals surface area contributed by atoms with E-state index in [1.54, 1.807) is 131 Å². The van der Waals surface area contributed by atoms with Crippen molar-refractivity contribution < 1.29 is 43.0 Å². The zero-order valence-corrected chi connectivity index (χ0v) is 56.1. The van der Waals surface area contributed by atoms with Crippen molar-refractivity contribution in [3.8, 4) is 17.2 Å². The van der Waals surface area contributed by atoms with Gasteiger partial charge in [-0.25, -0.2) is 0 Å². The number of anilines is 3. The van der Waals surface area contributed by atoms with E-state index >= 15 is 0 Å². The topological polar surface area (TPSA) is 288 Å². The molecule has 0 aliphatic rings. The van der Waals surface area contributed by atoms with Gasteiger partial charge in [-0.1, -0.05) is 36.4 Å². The van der Waals surface area contributed by atoms with Crippen molar-refractivity contribution in [1.29, 1.82) is 0 Å². The molecule has 0 spiro atoms. The molecule has 12 rings (SSSR count). The first-order valence-corrected chi connectivity index (χ1v) is 32.8. The van der Waals surface area contributed by atoms with E-state index < -0.39 is 41.8 Å². The molecule has 0 radical (unpaired) electrons. The SMILES string of the molecule is COc1ccc2[nH]c(C)c(CC(=O)N[C@H](Cc3ccncc3)C(=O)Nc3ccc(C(c4ccc(NC(=O)[C@@H](Cc5ccncc5)NC(=O)Cc5c(C)[nH]c6ccc(OC)cc56)cc4)c4ccc(NC(=O)[C@@H](Cc5ccncc5)NC(=O)Cc5c(C)[nH]c6ccc(OC)cc56)cc4)cc3)c2c1. The number of aromatic nitrogens is 6. The fourth-order valence-corrected chi connectivity index (χ4v) is 12.8. The number of fused-ring (bicyclic) bond motifs is 3. The first kappa shape index (κ1) is 67.6. The second kappa shape index (κ2) is 30.8. The van der Waals surface area contributed by atoms with E-state index in [0.29, 0.717) is 34.3 Å². The number of aryl methyl sites for hydroxylation is 3. The van der Waals surface area contributed by atoms with Gasteiger partial charge in [0.1, 0.15) is 35.4 Å². The van der Waals surface area contributed by atoms with E-state index in [2.05, 4.69) is 61.8 Å². The summed E-state index contributed by atoms with van der Waals surface area (Å²) in [5.41, 5.74) is 13.8. The average Bonchev–Trinajstić information content (AvgIpc) is 1.19. The molecule has 21 nitrogen and oxygen atoms in total. The van der Waals surface area contributed by atoms with Crippen LogP contribution in [-0.2, 0) is 67.3 Å². The second-order valence-corrected chi connectivity index (χ2v) is 24.8. The molecule has 0 saturated carbocycles. The predicted octanol–water partition coefficient (Wildman–Crippen LogP) is 11.2. The van der Waals surface area contributed by atoms with Crippen molar-refractivity contribution in [2.45, 2.75) is 83.3 Å². The largest absolute Gasteiger partial charge is 0.497 e. The molecule has 3 atom stereocenters. The number of H-pyrrole nitrogens is 3. The van der Waals surface area contributed by atoms with Crippen LogP contribution in [0.4, 0.5) is 17.1 Å². The minimum absolute atomic E-state index is 0.0134. The lowest BCUT2D eigenvalue weighted by Gasteiger charge is -2.22. The van der Waals surface area contributed by atoms with Gasteiger partial charge in [-0.2, -0.15) is 0 Å². The minimum Gasteiger partial charge on any atom is -0.497 e. The van der Waals surface area contributed by atoms with Crippen LogP contribution < -0.4 is 46.1 Å². The summed E-state index contributed by atoms with van der Waals surface area (Å²) < 4.78 is 16.5. The van der Waals surface area contributed by atoms with Crippen molar-refractivity contribution in [2.75, 3.05) is 37.3 Å². The molecule has 0 aliphatic heterocycles. The fourth-order valence-electron chi connectivity index (χ4n) is 12.8. The maximum absolute atomic E-state index is 14.5. The third-order valence-corrected chi connectivity index (χ3v) is 18.0. The number of amides is 6. The van der Waals surface area contributed by atoms with Crippen molar-refractivity contribution >= 4 is 85.2 Å². The molecule has 9 N–H and O–H groups in total. The normalized spacial score (nSPS) is 12.2. The highest BCUT2D eigenvalue weighted by Gasteiger charge is 2.28. The van der Waals surface area contributed by atoms with Gasteiger partial charge in [0, 0.05) is 129 Å². The summed E-state index contributed by atoms with van der Waals surface area (Å²) in [6.07, 6.45) is 10.5. The van der Waals surface area contributed by atoms with E-state index in [4.69, 9.17) is 14.2 Å². The van der Waals surface area contributed by atoms with Crippen LogP contribution in [0.25, 0.3) is 32.7 Å². The summed E-state index contributed by atoms with van der Waals surface area (Å²) in [5, 5.41) is 20.8. The zero-order chi connectivity index (χ0) is 69.8. The van der Waals surface area contributed by atoms with Gasteiger partial charge in [0.15, 0.2) is 0 Å². The molecule has 21 heteroatoms. The van der Waals surface area contributed by atoms with Crippen molar-refractivity contribution in [2.24, 2.45) is 0 Å². The number of nitrogens with one attached hydrogen (secondary N) is 9. The van der Waals surface area contributed by atoms with E-state index in [0.717, 1.165) is 99.9 Å². The number of rotatable bonds is 27. The van der Waals surface area contributed by atoms with Gasteiger partial charge in [0.2, 0.25) is 35.4 Å². The highest BCUT2D eigenvalue weighted by atomic mass is 16.5. The number of nitrogens with zero attached hydrogens (tertiary/aromatic N) is 3. The van der Waals surface area contributed by atoms with Gasteiger partial charge in [-0.15, -0.1) is 0 Å². The molecule has 0 unspecified atom stereocenters. The maximum Gasteiger partial charge on any atom is 0.247 e. The Labute approximate surface area is 577 Å². The van der Waals surface area contributed by atoms with Crippen molar-refractivity contribution in [3.63, 3.8) is 0 Å². The Hall–Kier alpha value is -12.4. The minimum atomic E-state index is -0.968. The molecule has 6 amide bonds. The lowest BCUT2D eigenvalue weighted by atomic mass is 9.85. The standard InChI is InChI=1S/C79H76N12O9/c1-46-61(64-40-58(98-4)19-22-67(64)83-46)43-73(92)89-70(37-49-25-31-80-32-26-49)77(95)86-55-13-7-52(8-14-55)76(53-9-15-56(16-10-53)87-78(96)71(38-50-27-33-81-34-28-50)90-74(93)44-62-47(2)84-68-23-20-59(99-5)41-65(62)68)54-11-17-57(18-12-54)88-79(97)72(39-51-29-35-82-36-30-51)91-75(94)45-63-48(3)85-69-24-21-60(100-6)42-66(63)69/h7-36,40-42,70-72,76,83-85H,37-39,43-45H2,1-6H3,(H,86,95)(H,87,96)(H,88,97)(H,89,92)(H,90,93)(H,91,94)/t70-,71-,72-/m1/s1. The Morgan fingerprint density at radius 2 is 0.620 bits per heavy atom. The molecular formula is C79H76N12O9. The Balaban J connectivity index is 0.803. The van der Waals surface area contributed by atoms with Gasteiger partial charge in [0.25, 0.3) is 0 Å². The molecule has 0 fully saturated rings. The third-order valence-electron chi connectivity index (χ3n) is 18.0. The number of pyridine rings is 3. The van der Waals surface area contributed by atoms with Crippen molar-refractivity contribution in [1.82, 2.24) is 45.9 Å². The molecule has 0 aliphatic carbocycles. The quantitative estimate of drug-likeness (QED) is 0.0217. The van der Waals surface area contributed by atoms with Crippen LogP contribution in [0.1, 0.15) is 73.1 Å². The molecule has 506 valence electrons. The van der Waals surface area contributed by atoms with Gasteiger partial charge < -0.3 is 61.1 Å². The average molecular weight is 1340 g/mol. The van der Waals surface area contributed by atoms with Crippen LogP contribution >= 0.6 is 0 Å². The smallest absolute Gasteiger partial charge is 0.247 e. The Morgan fingerprint density at radius 3 is 0.870 bits per heavy atom. The highest BCUT2D eigenvalue weighted by molar-refractivity contribution is 6.01. The van der Waals surface area contributed by atoms with Crippen LogP contribution in [0.15, 0.2) is 201 Å². The number of hydrogen-bond acceptors (Lipinski definition) is 12. The van der Waals surface area contributed by atoms with Crippen LogP contribution in [0.3, 0.4) is 0 Å². The van der Waals surface area contributed by atoms with Gasteiger partial charge in [-0.3, -0.25) is 43.7 Å². The second-order valence-electron chi connectivity index (χ2n) is 24.8. The van der Waals surface area contributed by atoms with Crippen LogP contribution in [0, 0.1) is 20.8 Å². The predicted molar refractivity (Wildman–Crippen MR) is 386 cm³/mol. The number of aromatic amines is 3. The van der Waals surface area contributed by atoms with Gasteiger partial charge in [-0.05, 0) is 198 Å². The lowest BCUT2D eigenvalue weighted by Crippen LogP contribution is -2.45. The number of methoxy groups -OCH3 is 3. The maximum atomic E-state index is 14.5. The summed E-state index contributed by atoms with van der Waals surface area (Å²) in [7, 11) is 4.77. The van der Waals surface area contributed by atoms with Crippen molar-refractivity contribution in [3.05, 3.63) is 268 Å². The molecule has 6 aromatic heterocycles. The molecule has 100 heavy (non-hydrogen) atoms. The molecule has 6 aromatic carbocycles. The van der Waals surface area contributed by atoms with Crippen LogP contribution in [0.2, 0.25) is 0 Å². The van der Waals surface area contributed by atoms with Crippen LogP contribution in [0.5, 0.6) is 17.2 Å². The van der Waals surface area contributed by atoms with E-state index in [9.17, 15) is 28.8 Å². The molecular weight excluding hydrogens is 1260 g/mol. The van der Waals surface area contributed by atoms with E-state index in [-0.39, 0.29) is 56.2 Å². The molecule has 12 aromatic rings. The van der Waals surface area contributed by atoms with Gasteiger partial charge in [0.05, 0.1) is 40.6 Å². The Bertz CT molecular complexity index is 4430. The Morgan fingerprint density at radius 1 is 0.360 bits per heavy atom. The number of carbonyl (C=O) groups excluding carboxylic acids is 6. The monoisotopic (exact) mass is 1340 g/mol.